The Balaban J connectivity index is 1.90. The van der Waals surface area contributed by atoms with Crippen LogP contribution in [0.3, 0.4) is 0 Å². The van der Waals surface area contributed by atoms with Gasteiger partial charge in [-0.05, 0) is 32.6 Å². The van der Waals surface area contributed by atoms with E-state index >= 15 is 0 Å². The Morgan fingerprint density at radius 1 is 1.33 bits per heavy atom. The molecule has 0 amide bonds. The highest BCUT2D eigenvalue weighted by atomic mass is 15.3. The quantitative estimate of drug-likeness (QED) is 0.847. The lowest BCUT2D eigenvalue weighted by Crippen LogP contribution is -2.51. The fourth-order valence-corrected chi connectivity index (χ4v) is 2.66. The molecule has 1 saturated heterocycles. The number of nitrogens with one attached hydrogen (secondary N) is 1. The van der Waals surface area contributed by atoms with E-state index in [1.807, 2.05) is 12.3 Å². The molecule has 0 aliphatic carbocycles. The molecule has 0 spiro atoms. The summed E-state index contributed by atoms with van der Waals surface area (Å²) in [4.78, 5) is 14.0. The second-order valence-corrected chi connectivity index (χ2v) is 6.59. The van der Waals surface area contributed by atoms with Gasteiger partial charge in [-0.25, -0.2) is 9.97 Å². The zero-order valence-corrected chi connectivity index (χ0v) is 13.8. The van der Waals surface area contributed by atoms with Gasteiger partial charge in [-0.15, -0.1) is 0 Å². The molecule has 0 aromatic carbocycles. The number of hydrogen-bond donors (Lipinski definition) is 1. The van der Waals surface area contributed by atoms with Crippen molar-refractivity contribution >= 4 is 0 Å². The lowest BCUT2D eigenvalue weighted by atomic mass is 10.1. The first-order valence-corrected chi connectivity index (χ1v) is 7.95. The summed E-state index contributed by atoms with van der Waals surface area (Å²) >= 11 is 0. The minimum Gasteiger partial charge on any atom is -0.311 e. The molecule has 0 radical (unpaired) electrons. The van der Waals surface area contributed by atoms with Crippen molar-refractivity contribution in [1.82, 2.24) is 25.1 Å². The highest BCUT2D eigenvalue weighted by molar-refractivity contribution is 5.04. The van der Waals surface area contributed by atoms with Crippen LogP contribution in [0.1, 0.15) is 25.4 Å². The molecule has 5 nitrogen and oxygen atoms in total. The van der Waals surface area contributed by atoms with E-state index in [2.05, 4.69) is 48.0 Å². The minimum atomic E-state index is 0.516. The second kappa shape index (κ2) is 7.82. The van der Waals surface area contributed by atoms with E-state index in [1.54, 1.807) is 0 Å². The predicted molar refractivity (Wildman–Crippen MR) is 86.2 cm³/mol. The number of hydrogen-bond acceptors (Lipinski definition) is 5. The van der Waals surface area contributed by atoms with Crippen LogP contribution in [-0.4, -0.2) is 66.1 Å². The zero-order valence-electron chi connectivity index (χ0n) is 13.8. The first-order valence-electron chi connectivity index (χ1n) is 7.95. The molecule has 1 aromatic heterocycles. The van der Waals surface area contributed by atoms with Gasteiger partial charge in [0, 0.05) is 44.8 Å². The Bertz CT molecular complexity index is 434. The number of aromatic nitrogens is 2. The first kappa shape index (κ1) is 16.3. The monoisotopic (exact) mass is 291 g/mol. The fraction of sp³-hybridized carbons (Fsp3) is 0.750. The van der Waals surface area contributed by atoms with Crippen molar-refractivity contribution in [1.29, 1.82) is 0 Å². The third kappa shape index (κ3) is 5.34. The Morgan fingerprint density at radius 3 is 2.90 bits per heavy atom. The number of rotatable bonds is 6. The van der Waals surface area contributed by atoms with Crippen LogP contribution in [0.25, 0.3) is 0 Å². The van der Waals surface area contributed by atoms with Gasteiger partial charge in [0.2, 0.25) is 0 Å². The summed E-state index contributed by atoms with van der Waals surface area (Å²) in [5, 5.41) is 3.44. The van der Waals surface area contributed by atoms with E-state index in [9.17, 15) is 0 Å². The third-order valence-corrected chi connectivity index (χ3v) is 4.02. The lowest BCUT2D eigenvalue weighted by molar-refractivity contribution is 0.113. The Morgan fingerprint density at radius 2 is 2.14 bits per heavy atom. The van der Waals surface area contributed by atoms with Crippen LogP contribution in [0, 0.1) is 5.92 Å². The molecular formula is C16H29N5. The van der Waals surface area contributed by atoms with Gasteiger partial charge in [0.05, 0.1) is 5.69 Å². The highest BCUT2D eigenvalue weighted by Crippen LogP contribution is 2.10. The van der Waals surface area contributed by atoms with E-state index < -0.39 is 0 Å². The molecule has 0 saturated carbocycles. The second-order valence-electron chi connectivity index (χ2n) is 6.59. The molecule has 1 aliphatic heterocycles. The molecule has 1 aliphatic rings. The topological polar surface area (TPSA) is 44.3 Å². The highest BCUT2D eigenvalue weighted by Gasteiger charge is 2.23. The summed E-state index contributed by atoms with van der Waals surface area (Å²) < 4.78 is 0. The molecule has 2 rings (SSSR count). The van der Waals surface area contributed by atoms with Gasteiger partial charge in [0.1, 0.15) is 5.82 Å². The van der Waals surface area contributed by atoms with Crippen molar-refractivity contribution < 1.29 is 0 Å². The molecule has 5 heteroatoms. The average molecular weight is 291 g/mol. The van der Waals surface area contributed by atoms with Crippen LogP contribution < -0.4 is 5.32 Å². The van der Waals surface area contributed by atoms with Crippen molar-refractivity contribution in [3.8, 4) is 0 Å². The van der Waals surface area contributed by atoms with Crippen molar-refractivity contribution in [2.75, 3.05) is 40.3 Å². The van der Waals surface area contributed by atoms with Crippen LogP contribution in [0.15, 0.2) is 12.3 Å². The minimum absolute atomic E-state index is 0.516. The maximum absolute atomic E-state index is 4.70. The molecule has 21 heavy (non-hydrogen) atoms. The van der Waals surface area contributed by atoms with E-state index in [0.717, 1.165) is 50.7 Å². The third-order valence-electron chi connectivity index (χ3n) is 4.02. The standard InChI is InChI=1S/C16H29N5/c1-13(2)10-17-11-14-5-6-18-16(19-14)9-15-12-20(3)7-8-21(15)4/h5-6,13,15,17H,7-12H2,1-4H3. The summed E-state index contributed by atoms with van der Waals surface area (Å²) in [5.41, 5.74) is 1.09. The van der Waals surface area contributed by atoms with Crippen LogP contribution in [0.5, 0.6) is 0 Å². The van der Waals surface area contributed by atoms with Crippen LogP contribution in [-0.2, 0) is 13.0 Å². The van der Waals surface area contributed by atoms with Crippen molar-refractivity contribution in [2.45, 2.75) is 32.9 Å². The van der Waals surface area contributed by atoms with Crippen LogP contribution in [0.4, 0.5) is 0 Å². The molecular weight excluding hydrogens is 262 g/mol. The van der Waals surface area contributed by atoms with Gasteiger partial charge >= 0.3 is 0 Å². The molecule has 0 bridgehead atoms. The average Bonchev–Trinajstić information content (AvgIpc) is 2.43. The lowest BCUT2D eigenvalue weighted by Gasteiger charge is -2.37. The van der Waals surface area contributed by atoms with E-state index in [0.29, 0.717) is 12.0 Å². The van der Waals surface area contributed by atoms with Crippen molar-refractivity contribution in [3.05, 3.63) is 23.8 Å². The summed E-state index contributed by atoms with van der Waals surface area (Å²) in [7, 11) is 4.39. The fourth-order valence-electron chi connectivity index (χ4n) is 2.66. The van der Waals surface area contributed by atoms with E-state index in [-0.39, 0.29) is 0 Å². The summed E-state index contributed by atoms with van der Waals surface area (Å²) in [5.74, 6) is 1.63. The Hall–Kier alpha value is -1.04. The molecule has 1 aromatic rings. The Labute approximate surface area is 128 Å². The molecule has 2 heterocycles. The summed E-state index contributed by atoms with van der Waals surface area (Å²) in [6, 6.07) is 2.52. The van der Waals surface area contributed by atoms with Gasteiger partial charge in [0.15, 0.2) is 0 Å². The number of piperazine rings is 1. The van der Waals surface area contributed by atoms with E-state index in [1.165, 1.54) is 0 Å². The van der Waals surface area contributed by atoms with E-state index in [4.69, 9.17) is 4.98 Å². The SMILES string of the molecule is CC(C)CNCc1ccnc(CC2CN(C)CCN2C)n1. The smallest absolute Gasteiger partial charge is 0.130 e. The summed E-state index contributed by atoms with van der Waals surface area (Å²) in [6.45, 7) is 9.64. The van der Waals surface area contributed by atoms with Crippen molar-refractivity contribution in [3.63, 3.8) is 0 Å². The molecule has 1 unspecified atom stereocenters. The summed E-state index contributed by atoms with van der Waals surface area (Å²) in [6.07, 6.45) is 2.82. The van der Waals surface area contributed by atoms with Gasteiger partial charge in [-0.1, -0.05) is 13.8 Å². The molecule has 118 valence electrons. The molecule has 1 fully saturated rings. The predicted octanol–water partition coefficient (Wildman–Crippen LogP) is 1.01. The van der Waals surface area contributed by atoms with Gasteiger partial charge in [-0.2, -0.15) is 0 Å². The molecule has 1 N–H and O–H groups in total. The van der Waals surface area contributed by atoms with Crippen LogP contribution in [0.2, 0.25) is 0 Å². The number of likely N-dealkylation sites (N-methyl/N-ethyl adjacent to an activating group) is 2. The maximum atomic E-state index is 4.70. The van der Waals surface area contributed by atoms with Crippen LogP contribution >= 0.6 is 0 Å². The van der Waals surface area contributed by atoms with Gasteiger partial charge < -0.3 is 15.1 Å². The maximum Gasteiger partial charge on any atom is 0.130 e. The largest absolute Gasteiger partial charge is 0.311 e. The zero-order chi connectivity index (χ0) is 15.2. The van der Waals surface area contributed by atoms with Gasteiger partial charge in [-0.3, -0.25) is 0 Å². The Kier molecular flexibility index (Phi) is 6.08. The van der Waals surface area contributed by atoms with Crippen molar-refractivity contribution in [2.24, 2.45) is 5.92 Å². The van der Waals surface area contributed by atoms with Gasteiger partial charge in [0.25, 0.3) is 0 Å². The normalized spacial score (nSPS) is 21.1. The molecule has 1 atom stereocenters. The number of nitrogens with zero attached hydrogens (tertiary/aromatic N) is 4. The first-order chi connectivity index (χ1) is 10.0.